The van der Waals surface area contributed by atoms with E-state index in [0.717, 1.165) is 12.8 Å². The summed E-state index contributed by atoms with van der Waals surface area (Å²) >= 11 is 0. The van der Waals surface area contributed by atoms with E-state index in [0.29, 0.717) is 11.6 Å². The van der Waals surface area contributed by atoms with Gasteiger partial charge >= 0.3 is 5.97 Å². The Morgan fingerprint density at radius 2 is 2.14 bits per heavy atom. The Labute approximate surface area is 81.5 Å². The van der Waals surface area contributed by atoms with Crippen LogP contribution in [0.4, 0.5) is 0 Å². The molecule has 1 heterocycles. The predicted octanol–water partition coefficient (Wildman–Crippen LogP) is 1.19. The molecule has 5 heteroatoms. The van der Waals surface area contributed by atoms with E-state index in [1.54, 1.807) is 0 Å². The molecule has 0 saturated heterocycles. The molecule has 14 heavy (non-hydrogen) atoms. The van der Waals surface area contributed by atoms with Gasteiger partial charge in [0, 0.05) is 5.41 Å². The van der Waals surface area contributed by atoms with Crippen LogP contribution in [0.1, 0.15) is 42.9 Å². The number of nitrogens with zero attached hydrogens (tertiary/aromatic N) is 2. The zero-order valence-corrected chi connectivity index (χ0v) is 8.24. The predicted molar refractivity (Wildman–Crippen MR) is 49.1 cm³/mol. The Morgan fingerprint density at radius 3 is 2.64 bits per heavy atom. The van der Waals surface area contributed by atoms with Crippen LogP contribution in [0, 0.1) is 5.92 Å². The highest BCUT2D eigenvalue weighted by atomic mass is 16.4. The van der Waals surface area contributed by atoms with Crippen LogP contribution in [-0.4, -0.2) is 26.5 Å². The maximum absolute atomic E-state index is 10.9. The Kier molecular flexibility index (Phi) is 1.83. The van der Waals surface area contributed by atoms with Gasteiger partial charge in [0.2, 0.25) is 0 Å². The minimum Gasteiger partial charge on any atom is -0.476 e. The number of carboxylic acid groups (broad SMARTS) is 1. The molecule has 1 aliphatic carbocycles. The van der Waals surface area contributed by atoms with Crippen LogP contribution in [0.2, 0.25) is 0 Å². The molecule has 2 rings (SSSR count). The second-order valence-electron chi connectivity index (χ2n) is 4.32. The SMILES string of the molecule is CC(C)(c1n[nH]nc1C(=O)O)C1CC1. The zero-order valence-electron chi connectivity index (χ0n) is 8.24. The van der Waals surface area contributed by atoms with E-state index >= 15 is 0 Å². The molecule has 0 atom stereocenters. The summed E-state index contributed by atoms with van der Waals surface area (Å²) in [5.41, 5.74) is 0.454. The van der Waals surface area contributed by atoms with Gasteiger partial charge in [-0.05, 0) is 18.8 Å². The van der Waals surface area contributed by atoms with E-state index in [1.807, 2.05) is 13.8 Å². The highest BCUT2D eigenvalue weighted by Gasteiger charge is 2.43. The van der Waals surface area contributed by atoms with Crippen LogP contribution < -0.4 is 0 Å². The molecule has 0 radical (unpaired) electrons. The third-order valence-corrected chi connectivity index (χ3v) is 2.96. The minimum absolute atomic E-state index is 0.0573. The third-order valence-electron chi connectivity index (χ3n) is 2.96. The lowest BCUT2D eigenvalue weighted by Crippen LogP contribution is -2.23. The lowest BCUT2D eigenvalue weighted by atomic mass is 9.83. The fourth-order valence-electron chi connectivity index (χ4n) is 1.83. The van der Waals surface area contributed by atoms with E-state index in [9.17, 15) is 4.79 Å². The van der Waals surface area contributed by atoms with Gasteiger partial charge in [0.15, 0.2) is 5.69 Å². The van der Waals surface area contributed by atoms with Crippen LogP contribution in [-0.2, 0) is 5.41 Å². The quantitative estimate of drug-likeness (QED) is 0.759. The van der Waals surface area contributed by atoms with Gasteiger partial charge in [0.25, 0.3) is 0 Å². The summed E-state index contributed by atoms with van der Waals surface area (Å²) in [6.45, 7) is 4.05. The molecule has 0 amide bonds. The number of H-pyrrole nitrogens is 1. The number of nitrogens with one attached hydrogen (secondary N) is 1. The van der Waals surface area contributed by atoms with Crippen LogP contribution in [0.15, 0.2) is 0 Å². The number of carboxylic acids is 1. The second kappa shape index (κ2) is 2.80. The van der Waals surface area contributed by atoms with Crippen molar-refractivity contribution in [3.05, 3.63) is 11.4 Å². The molecule has 1 saturated carbocycles. The number of aromatic amines is 1. The van der Waals surface area contributed by atoms with Crippen molar-refractivity contribution in [3.8, 4) is 0 Å². The second-order valence-corrected chi connectivity index (χ2v) is 4.32. The van der Waals surface area contributed by atoms with Crippen molar-refractivity contribution in [2.24, 2.45) is 5.92 Å². The van der Waals surface area contributed by atoms with E-state index in [4.69, 9.17) is 5.11 Å². The maximum Gasteiger partial charge on any atom is 0.358 e. The van der Waals surface area contributed by atoms with E-state index in [2.05, 4.69) is 15.4 Å². The fourth-order valence-corrected chi connectivity index (χ4v) is 1.83. The monoisotopic (exact) mass is 195 g/mol. The summed E-state index contributed by atoms with van der Waals surface area (Å²) in [5, 5.41) is 18.9. The first kappa shape index (κ1) is 9.18. The molecule has 1 aromatic rings. The van der Waals surface area contributed by atoms with Crippen molar-refractivity contribution >= 4 is 5.97 Å². The fraction of sp³-hybridized carbons (Fsp3) is 0.667. The summed E-state index contributed by atoms with van der Waals surface area (Å²) in [6, 6.07) is 0. The lowest BCUT2D eigenvalue weighted by molar-refractivity contribution is 0.0687. The van der Waals surface area contributed by atoms with Gasteiger partial charge in [-0.25, -0.2) is 4.79 Å². The molecule has 1 aromatic heterocycles. The molecule has 76 valence electrons. The normalized spacial score (nSPS) is 17.0. The number of hydrogen-bond acceptors (Lipinski definition) is 3. The average Bonchev–Trinajstić information content (AvgIpc) is 2.82. The topological polar surface area (TPSA) is 78.9 Å². The summed E-state index contributed by atoms with van der Waals surface area (Å²) < 4.78 is 0. The first-order chi connectivity index (χ1) is 6.53. The summed E-state index contributed by atoms with van der Waals surface area (Å²) in [6.07, 6.45) is 2.30. The van der Waals surface area contributed by atoms with Gasteiger partial charge in [0.1, 0.15) is 5.69 Å². The van der Waals surface area contributed by atoms with Gasteiger partial charge in [-0.2, -0.15) is 10.3 Å². The van der Waals surface area contributed by atoms with Crippen LogP contribution in [0.25, 0.3) is 0 Å². The maximum atomic E-state index is 10.9. The summed E-state index contributed by atoms with van der Waals surface area (Å²) in [5.74, 6) is -0.465. The largest absolute Gasteiger partial charge is 0.476 e. The number of carbonyl (C=O) groups is 1. The Bertz CT molecular complexity index is 366. The molecule has 5 nitrogen and oxygen atoms in total. The van der Waals surface area contributed by atoms with Crippen molar-refractivity contribution in [2.75, 3.05) is 0 Å². The van der Waals surface area contributed by atoms with Gasteiger partial charge in [-0.3, -0.25) is 0 Å². The van der Waals surface area contributed by atoms with Gasteiger partial charge in [-0.15, -0.1) is 5.10 Å². The molecule has 1 fully saturated rings. The van der Waals surface area contributed by atoms with Crippen molar-refractivity contribution < 1.29 is 9.90 Å². The first-order valence-electron chi connectivity index (χ1n) is 4.68. The molecule has 1 aliphatic rings. The van der Waals surface area contributed by atoms with E-state index in [1.165, 1.54) is 0 Å². The molecular formula is C9H13N3O2. The van der Waals surface area contributed by atoms with Crippen molar-refractivity contribution in [1.29, 1.82) is 0 Å². The number of aromatic carboxylic acids is 1. The standard InChI is InChI=1S/C9H13N3O2/c1-9(2,5-3-4-5)7-6(8(13)14)10-12-11-7/h5H,3-4H2,1-2H3,(H,13,14)(H,10,11,12). The Balaban J connectivity index is 2.39. The summed E-state index contributed by atoms with van der Waals surface area (Å²) in [7, 11) is 0. The Morgan fingerprint density at radius 1 is 1.50 bits per heavy atom. The van der Waals surface area contributed by atoms with Gasteiger partial charge in [0.05, 0.1) is 0 Å². The molecule has 2 N–H and O–H groups in total. The molecule has 0 bridgehead atoms. The number of aromatic nitrogens is 3. The van der Waals surface area contributed by atoms with Crippen LogP contribution in [0.5, 0.6) is 0 Å². The van der Waals surface area contributed by atoms with E-state index in [-0.39, 0.29) is 11.1 Å². The summed E-state index contributed by atoms with van der Waals surface area (Å²) in [4.78, 5) is 10.9. The van der Waals surface area contributed by atoms with Crippen molar-refractivity contribution in [2.45, 2.75) is 32.1 Å². The molecule has 0 aromatic carbocycles. The van der Waals surface area contributed by atoms with Crippen molar-refractivity contribution in [3.63, 3.8) is 0 Å². The number of rotatable bonds is 3. The zero-order chi connectivity index (χ0) is 10.3. The Hall–Kier alpha value is -1.39. The lowest BCUT2D eigenvalue weighted by Gasteiger charge is -2.21. The highest BCUT2D eigenvalue weighted by Crippen LogP contribution is 2.46. The first-order valence-corrected chi connectivity index (χ1v) is 4.68. The van der Waals surface area contributed by atoms with E-state index < -0.39 is 5.97 Å². The smallest absolute Gasteiger partial charge is 0.358 e. The van der Waals surface area contributed by atoms with Gasteiger partial charge < -0.3 is 5.11 Å². The highest BCUT2D eigenvalue weighted by molar-refractivity contribution is 5.86. The third kappa shape index (κ3) is 1.29. The molecule has 0 spiro atoms. The van der Waals surface area contributed by atoms with Gasteiger partial charge in [-0.1, -0.05) is 13.8 Å². The minimum atomic E-state index is -1.01. The average molecular weight is 195 g/mol. The van der Waals surface area contributed by atoms with Crippen LogP contribution >= 0.6 is 0 Å². The number of hydrogen-bond donors (Lipinski definition) is 2. The molecule has 0 unspecified atom stereocenters. The molecular weight excluding hydrogens is 182 g/mol. The van der Waals surface area contributed by atoms with Crippen molar-refractivity contribution in [1.82, 2.24) is 15.4 Å². The molecule has 0 aliphatic heterocycles. The van der Waals surface area contributed by atoms with Crippen LogP contribution in [0.3, 0.4) is 0 Å².